The molecule has 2 N–H and O–H groups in total. The molecule has 0 bridgehead atoms. The van der Waals surface area contributed by atoms with Crippen molar-refractivity contribution in [2.75, 3.05) is 0 Å². The van der Waals surface area contributed by atoms with E-state index in [1.165, 1.54) is 6.07 Å². The van der Waals surface area contributed by atoms with Gasteiger partial charge in [0.15, 0.2) is 0 Å². The van der Waals surface area contributed by atoms with Crippen LogP contribution in [0.25, 0.3) is 0 Å². The first-order chi connectivity index (χ1) is 9.54. The highest BCUT2D eigenvalue weighted by molar-refractivity contribution is 6.30. The summed E-state index contributed by atoms with van der Waals surface area (Å²) in [7, 11) is 0. The van der Waals surface area contributed by atoms with Crippen LogP contribution in [0.1, 0.15) is 11.1 Å². The second-order valence-electron chi connectivity index (χ2n) is 4.72. The number of nitrogens with two attached hydrogens (primary N) is 1. The average molecular weight is 291 g/mol. The third-order valence-corrected chi connectivity index (χ3v) is 3.28. The number of halogens is 1. The number of non-ortho nitro benzene ring substituents is 1. The Hall–Kier alpha value is -1.91. The normalized spacial score (nSPS) is 12.1. The fourth-order valence-corrected chi connectivity index (χ4v) is 2.22. The summed E-state index contributed by atoms with van der Waals surface area (Å²) in [6, 6.07) is 14.0. The Morgan fingerprint density at radius 3 is 2.40 bits per heavy atom. The molecule has 104 valence electrons. The van der Waals surface area contributed by atoms with Crippen LogP contribution in [0.2, 0.25) is 5.02 Å². The van der Waals surface area contributed by atoms with Crippen molar-refractivity contribution in [3.05, 3.63) is 74.8 Å². The molecule has 0 fully saturated rings. The second kappa shape index (κ2) is 6.50. The predicted octanol–water partition coefficient (Wildman–Crippen LogP) is 3.36. The van der Waals surface area contributed by atoms with Gasteiger partial charge in [0.2, 0.25) is 0 Å². The van der Waals surface area contributed by atoms with Gasteiger partial charge in [-0.2, -0.15) is 0 Å². The highest BCUT2D eigenvalue weighted by Crippen LogP contribution is 2.16. The molecule has 0 spiro atoms. The summed E-state index contributed by atoms with van der Waals surface area (Å²) in [5.74, 6) is 0. The highest BCUT2D eigenvalue weighted by atomic mass is 35.5. The van der Waals surface area contributed by atoms with Gasteiger partial charge in [0, 0.05) is 23.2 Å². The van der Waals surface area contributed by atoms with Gasteiger partial charge in [0.25, 0.3) is 5.69 Å². The maximum atomic E-state index is 10.7. The molecule has 0 saturated carbocycles. The van der Waals surface area contributed by atoms with Gasteiger partial charge < -0.3 is 5.73 Å². The topological polar surface area (TPSA) is 69.2 Å². The van der Waals surface area contributed by atoms with Gasteiger partial charge in [-0.3, -0.25) is 10.1 Å². The lowest BCUT2D eigenvalue weighted by atomic mass is 9.99. The molecule has 0 aliphatic rings. The Labute approximate surface area is 122 Å². The van der Waals surface area contributed by atoms with Gasteiger partial charge in [0.05, 0.1) is 4.92 Å². The van der Waals surface area contributed by atoms with Gasteiger partial charge >= 0.3 is 0 Å². The van der Waals surface area contributed by atoms with E-state index in [1.54, 1.807) is 12.1 Å². The van der Waals surface area contributed by atoms with Crippen LogP contribution in [0.3, 0.4) is 0 Å². The molecular formula is C15H15ClN2O2. The average Bonchev–Trinajstić information content (AvgIpc) is 2.41. The zero-order valence-corrected chi connectivity index (χ0v) is 11.6. The zero-order chi connectivity index (χ0) is 14.5. The lowest BCUT2D eigenvalue weighted by molar-refractivity contribution is -0.384. The van der Waals surface area contributed by atoms with E-state index in [-0.39, 0.29) is 11.7 Å². The number of hydrogen-bond acceptors (Lipinski definition) is 3. The van der Waals surface area contributed by atoms with E-state index in [2.05, 4.69) is 0 Å². The van der Waals surface area contributed by atoms with Crippen LogP contribution in [-0.2, 0) is 12.8 Å². The van der Waals surface area contributed by atoms with Crippen LogP contribution in [-0.4, -0.2) is 11.0 Å². The number of rotatable bonds is 5. The van der Waals surface area contributed by atoms with E-state index in [1.807, 2.05) is 30.3 Å². The van der Waals surface area contributed by atoms with Gasteiger partial charge in [0.1, 0.15) is 0 Å². The first-order valence-corrected chi connectivity index (χ1v) is 6.66. The van der Waals surface area contributed by atoms with Crippen molar-refractivity contribution in [1.29, 1.82) is 0 Å². The number of nitrogens with zero attached hydrogens (tertiary/aromatic N) is 1. The second-order valence-corrected chi connectivity index (χ2v) is 5.16. The van der Waals surface area contributed by atoms with Crippen molar-refractivity contribution in [2.24, 2.45) is 5.73 Å². The van der Waals surface area contributed by atoms with Gasteiger partial charge in [-0.15, -0.1) is 0 Å². The van der Waals surface area contributed by atoms with Crippen molar-refractivity contribution in [2.45, 2.75) is 18.9 Å². The van der Waals surface area contributed by atoms with Gasteiger partial charge in [-0.05, 0) is 36.1 Å². The van der Waals surface area contributed by atoms with Crippen molar-refractivity contribution >= 4 is 17.3 Å². The molecule has 0 heterocycles. The Bertz CT molecular complexity index is 599. The Kier molecular flexibility index (Phi) is 4.71. The summed E-state index contributed by atoms with van der Waals surface area (Å²) in [5.41, 5.74) is 8.18. The molecule has 0 saturated heterocycles. The van der Waals surface area contributed by atoms with E-state index in [0.717, 1.165) is 11.1 Å². The summed E-state index contributed by atoms with van der Waals surface area (Å²) in [6.07, 6.45) is 1.31. The van der Waals surface area contributed by atoms with Crippen LogP contribution in [0.15, 0.2) is 48.5 Å². The number of nitro benzene ring substituents is 1. The molecule has 1 unspecified atom stereocenters. The molecule has 2 aromatic rings. The predicted molar refractivity (Wildman–Crippen MR) is 79.9 cm³/mol. The third kappa shape index (κ3) is 4.05. The molecule has 5 heteroatoms. The number of nitro groups is 1. The van der Waals surface area contributed by atoms with Crippen LogP contribution >= 0.6 is 11.6 Å². The summed E-state index contributed by atoms with van der Waals surface area (Å²) < 4.78 is 0. The first-order valence-electron chi connectivity index (χ1n) is 6.28. The minimum atomic E-state index is -0.395. The maximum absolute atomic E-state index is 10.7. The summed E-state index contributed by atoms with van der Waals surface area (Å²) in [4.78, 5) is 10.3. The molecular weight excluding hydrogens is 276 g/mol. The quantitative estimate of drug-likeness (QED) is 0.678. The van der Waals surface area contributed by atoms with E-state index >= 15 is 0 Å². The minimum absolute atomic E-state index is 0.0850. The summed E-state index contributed by atoms with van der Waals surface area (Å²) in [5, 5.41) is 11.4. The van der Waals surface area contributed by atoms with Crippen LogP contribution < -0.4 is 5.73 Å². The van der Waals surface area contributed by atoms with E-state index in [0.29, 0.717) is 17.9 Å². The summed E-state index contributed by atoms with van der Waals surface area (Å²) >= 11 is 5.83. The van der Waals surface area contributed by atoms with Crippen molar-refractivity contribution in [3.8, 4) is 0 Å². The fraction of sp³-hybridized carbons (Fsp3) is 0.200. The van der Waals surface area contributed by atoms with E-state index in [9.17, 15) is 10.1 Å². The Morgan fingerprint density at radius 1 is 1.10 bits per heavy atom. The van der Waals surface area contributed by atoms with Gasteiger partial charge in [-0.25, -0.2) is 0 Å². The van der Waals surface area contributed by atoms with Crippen LogP contribution in [0, 0.1) is 10.1 Å². The van der Waals surface area contributed by atoms with E-state index < -0.39 is 4.92 Å². The Morgan fingerprint density at radius 2 is 1.75 bits per heavy atom. The highest BCUT2D eigenvalue weighted by Gasteiger charge is 2.09. The molecule has 0 aliphatic carbocycles. The summed E-state index contributed by atoms with van der Waals surface area (Å²) in [6.45, 7) is 0. The minimum Gasteiger partial charge on any atom is -0.327 e. The largest absolute Gasteiger partial charge is 0.327 e. The fourth-order valence-electron chi connectivity index (χ4n) is 2.10. The monoisotopic (exact) mass is 290 g/mol. The van der Waals surface area contributed by atoms with Crippen molar-refractivity contribution < 1.29 is 4.92 Å². The van der Waals surface area contributed by atoms with Crippen LogP contribution in [0.5, 0.6) is 0 Å². The van der Waals surface area contributed by atoms with E-state index in [4.69, 9.17) is 17.3 Å². The van der Waals surface area contributed by atoms with Crippen molar-refractivity contribution in [1.82, 2.24) is 0 Å². The lowest BCUT2D eigenvalue weighted by Crippen LogP contribution is -2.25. The maximum Gasteiger partial charge on any atom is 0.269 e. The smallest absolute Gasteiger partial charge is 0.269 e. The lowest BCUT2D eigenvalue weighted by Gasteiger charge is -2.11. The van der Waals surface area contributed by atoms with Gasteiger partial charge in [-0.1, -0.05) is 35.9 Å². The molecule has 0 aliphatic heterocycles. The number of benzene rings is 2. The SMILES string of the molecule is NC(Cc1ccc(Cl)cc1)Cc1cccc([N+](=O)[O-])c1. The zero-order valence-electron chi connectivity index (χ0n) is 10.8. The number of hydrogen-bond donors (Lipinski definition) is 1. The Balaban J connectivity index is 2.00. The standard InChI is InChI=1S/C15H15ClN2O2/c16-13-6-4-11(5-7-13)8-14(17)9-12-2-1-3-15(10-12)18(19)20/h1-7,10,14H,8-9,17H2. The molecule has 2 aromatic carbocycles. The molecule has 20 heavy (non-hydrogen) atoms. The van der Waals surface area contributed by atoms with Crippen molar-refractivity contribution in [3.63, 3.8) is 0 Å². The van der Waals surface area contributed by atoms with Crippen LogP contribution in [0.4, 0.5) is 5.69 Å². The molecule has 0 radical (unpaired) electrons. The molecule has 0 aromatic heterocycles. The first kappa shape index (κ1) is 14.5. The molecule has 1 atom stereocenters. The molecule has 4 nitrogen and oxygen atoms in total. The molecule has 2 rings (SSSR count). The third-order valence-electron chi connectivity index (χ3n) is 3.03. The molecule has 0 amide bonds.